The van der Waals surface area contributed by atoms with Crippen LogP contribution >= 0.6 is 0 Å². The summed E-state index contributed by atoms with van der Waals surface area (Å²) in [4.78, 5) is 9.14. The number of hydrogen-bond donors (Lipinski definition) is 2. The monoisotopic (exact) mass is 408 g/mol. The summed E-state index contributed by atoms with van der Waals surface area (Å²) in [6.07, 6.45) is -4.96. The van der Waals surface area contributed by atoms with Gasteiger partial charge in [0, 0.05) is 17.5 Å². The van der Waals surface area contributed by atoms with Crippen molar-refractivity contribution in [1.82, 2.24) is 0 Å². The van der Waals surface area contributed by atoms with Crippen LogP contribution in [-0.2, 0) is 22.0 Å². The normalized spacial score (nSPS) is 14.2. The third-order valence-corrected chi connectivity index (χ3v) is 4.75. The fourth-order valence-electron chi connectivity index (χ4n) is 2.57. The molecule has 0 bridgehead atoms. The summed E-state index contributed by atoms with van der Waals surface area (Å²) in [6, 6.07) is 4.86. The van der Waals surface area contributed by atoms with Gasteiger partial charge in [0.2, 0.25) is 10.0 Å². The molecule has 0 aliphatic rings. The molecule has 0 heterocycles. The van der Waals surface area contributed by atoms with Crippen molar-refractivity contribution >= 4 is 15.7 Å². The molecule has 0 aromatic heterocycles. The van der Waals surface area contributed by atoms with E-state index in [0.717, 1.165) is 24.3 Å². The third kappa shape index (κ3) is 3.91. The van der Waals surface area contributed by atoms with Crippen LogP contribution in [0.4, 0.5) is 23.2 Å². The van der Waals surface area contributed by atoms with Crippen molar-refractivity contribution in [2.24, 2.45) is 5.14 Å². The lowest BCUT2D eigenvalue weighted by Gasteiger charge is -2.28. The lowest BCUT2D eigenvalue weighted by atomic mass is 9.86. The molecule has 2 aromatic rings. The summed E-state index contributed by atoms with van der Waals surface area (Å²) < 4.78 is 77.6. The minimum Gasteiger partial charge on any atom is -0.379 e. The Hall–Kier alpha value is -2.57. The van der Waals surface area contributed by atoms with Crippen molar-refractivity contribution in [3.63, 3.8) is 0 Å². The first-order chi connectivity index (χ1) is 12.4. The van der Waals surface area contributed by atoms with Gasteiger partial charge in [-0.1, -0.05) is 24.3 Å². The first-order valence-electron chi connectivity index (χ1n) is 7.13. The number of sulfonamides is 1. The van der Waals surface area contributed by atoms with Crippen LogP contribution in [0.2, 0.25) is 0 Å². The summed E-state index contributed by atoms with van der Waals surface area (Å²) in [5.41, 5.74) is -6.30. The van der Waals surface area contributed by atoms with Gasteiger partial charge in [0.1, 0.15) is 0 Å². The predicted octanol–water partition coefficient (Wildman–Crippen LogP) is 2.22. The molecule has 0 fully saturated rings. The van der Waals surface area contributed by atoms with E-state index in [-0.39, 0.29) is 0 Å². The van der Waals surface area contributed by atoms with Crippen molar-refractivity contribution < 1.29 is 36.0 Å². The molecule has 0 spiro atoms. The number of aliphatic hydroxyl groups is 1. The predicted molar refractivity (Wildman–Crippen MR) is 84.4 cm³/mol. The molecule has 0 amide bonds. The number of para-hydroxylation sites is 1. The van der Waals surface area contributed by atoms with Crippen molar-refractivity contribution in [2.75, 3.05) is 0 Å². The maximum atomic E-state index is 14.0. The maximum Gasteiger partial charge on any atom is 0.292 e. The number of nitrogens with zero attached hydrogens (tertiary/aromatic N) is 1. The van der Waals surface area contributed by atoms with Crippen LogP contribution < -0.4 is 5.14 Å². The van der Waals surface area contributed by atoms with Gasteiger partial charge < -0.3 is 5.11 Å². The van der Waals surface area contributed by atoms with E-state index >= 15 is 0 Å². The molecule has 3 N–H and O–H groups in total. The lowest BCUT2D eigenvalue weighted by Crippen LogP contribution is -2.38. The number of hydrogen-bond acceptors (Lipinski definition) is 5. The highest BCUT2D eigenvalue weighted by molar-refractivity contribution is 7.89. The van der Waals surface area contributed by atoms with Crippen LogP contribution in [0.25, 0.3) is 0 Å². The van der Waals surface area contributed by atoms with E-state index in [1.165, 1.54) is 0 Å². The number of benzene rings is 2. The van der Waals surface area contributed by atoms with Gasteiger partial charge in [-0.2, -0.15) is 0 Å². The van der Waals surface area contributed by atoms with Crippen molar-refractivity contribution in [3.05, 3.63) is 69.3 Å². The molecule has 0 aliphatic carbocycles. The number of alkyl halides is 2. The Kier molecular flexibility index (Phi) is 5.54. The SMILES string of the molecule is NS(=O)(=O)c1cccc(C[C@](O)(c2cccc(F)c2F)C(F)F)c1[N+](=O)[O-]. The molecule has 0 unspecified atom stereocenters. The van der Waals surface area contributed by atoms with Crippen molar-refractivity contribution in [1.29, 1.82) is 0 Å². The van der Waals surface area contributed by atoms with E-state index in [1.54, 1.807) is 0 Å². The quantitative estimate of drug-likeness (QED) is 0.431. The zero-order valence-electron chi connectivity index (χ0n) is 13.3. The van der Waals surface area contributed by atoms with Gasteiger partial charge >= 0.3 is 0 Å². The Morgan fingerprint density at radius 1 is 1.19 bits per heavy atom. The molecule has 2 aromatic carbocycles. The summed E-state index contributed by atoms with van der Waals surface area (Å²) >= 11 is 0. The average molecular weight is 408 g/mol. The fraction of sp³-hybridized carbons (Fsp3) is 0.200. The number of halogens is 4. The molecule has 1 atom stereocenters. The Morgan fingerprint density at radius 2 is 1.78 bits per heavy atom. The minimum absolute atomic E-state index is 0.634. The minimum atomic E-state index is -4.60. The van der Waals surface area contributed by atoms with Gasteiger partial charge in [0.25, 0.3) is 12.1 Å². The van der Waals surface area contributed by atoms with Crippen LogP contribution in [0.5, 0.6) is 0 Å². The summed E-state index contributed by atoms with van der Waals surface area (Å²) in [6.45, 7) is 0. The molecular formula is C15H12F4N2O5S. The number of primary sulfonamides is 1. The molecule has 146 valence electrons. The highest BCUT2D eigenvalue weighted by atomic mass is 32.2. The third-order valence-electron chi connectivity index (χ3n) is 3.81. The summed E-state index contributed by atoms with van der Waals surface area (Å²) in [5.74, 6) is -3.27. The molecule has 0 aliphatic heterocycles. The molecule has 12 heteroatoms. The van der Waals surface area contributed by atoms with Crippen LogP contribution in [0.3, 0.4) is 0 Å². The van der Waals surface area contributed by atoms with E-state index in [2.05, 4.69) is 0 Å². The second kappa shape index (κ2) is 7.21. The Morgan fingerprint density at radius 3 is 2.30 bits per heavy atom. The van der Waals surface area contributed by atoms with Crippen molar-refractivity contribution in [2.45, 2.75) is 23.3 Å². The Bertz CT molecular complexity index is 1000. The van der Waals surface area contributed by atoms with Gasteiger partial charge in [0.15, 0.2) is 22.1 Å². The van der Waals surface area contributed by atoms with Gasteiger partial charge in [-0.05, 0) is 12.1 Å². The van der Waals surface area contributed by atoms with E-state index in [1.807, 2.05) is 0 Å². The highest BCUT2D eigenvalue weighted by Gasteiger charge is 2.44. The molecule has 7 nitrogen and oxygen atoms in total. The largest absolute Gasteiger partial charge is 0.379 e. The summed E-state index contributed by atoms with van der Waals surface area (Å²) in [7, 11) is -4.60. The molecular weight excluding hydrogens is 396 g/mol. The number of nitro groups is 1. The molecule has 0 radical (unpaired) electrons. The van der Waals surface area contributed by atoms with E-state index in [0.29, 0.717) is 12.1 Å². The van der Waals surface area contributed by atoms with Gasteiger partial charge in [-0.15, -0.1) is 0 Å². The van der Waals surface area contributed by atoms with E-state index in [9.17, 15) is 41.2 Å². The molecule has 0 saturated heterocycles. The first-order valence-corrected chi connectivity index (χ1v) is 8.68. The van der Waals surface area contributed by atoms with Crippen LogP contribution in [0.15, 0.2) is 41.3 Å². The fourth-order valence-corrected chi connectivity index (χ4v) is 3.31. The second-order valence-corrected chi connectivity index (χ2v) is 7.10. The number of rotatable bonds is 6. The van der Waals surface area contributed by atoms with Gasteiger partial charge in [0.05, 0.1) is 4.92 Å². The van der Waals surface area contributed by atoms with Gasteiger partial charge in [-0.3, -0.25) is 10.1 Å². The Balaban J connectivity index is 2.72. The van der Waals surface area contributed by atoms with E-state index < -0.39 is 66.7 Å². The Labute approximate surface area is 150 Å². The smallest absolute Gasteiger partial charge is 0.292 e. The topological polar surface area (TPSA) is 124 Å². The maximum absolute atomic E-state index is 14.0. The molecule has 2 rings (SSSR count). The van der Waals surface area contributed by atoms with Gasteiger partial charge in [-0.25, -0.2) is 31.1 Å². The van der Waals surface area contributed by atoms with E-state index in [4.69, 9.17) is 5.14 Å². The van der Waals surface area contributed by atoms with Crippen LogP contribution in [-0.4, -0.2) is 24.9 Å². The van der Waals surface area contributed by atoms with Crippen LogP contribution in [0, 0.1) is 21.7 Å². The zero-order chi connectivity index (χ0) is 20.6. The number of nitrogens with two attached hydrogens (primary N) is 1. The first kappa shape index (κ1) is 20.7. The lowest BCUT2D eigenvalue weighted by molar-refractivity contribution is -0.388. The summed E-state index contributed by atoms with van der Waals surface area (Å²) in [5, 5.41) is 26.5. The second-order valence-electron chi connectivity index (χ2n) is 5.57. The van der Waals surface area contributed by atoms with Crippen molar-refractivity contribution in [3.8, 4) is 0 Å². The molecule has 27 heavy (non-hydrogen) atoms. The number of nitro benzene ring substituents is 1. The molecule has 0 saturated carbocycles. The zero-order valence-corrected chi connectivity index (χ0v) is 14.1. The average Bonchev–Trinajstić information content (AvgIpc) is 2.55. The standard InChI is InChI=1S/C15H12F4N2O5S/c16-10-5-2-4-9(12(10)17)15(22,14(18)19)7-8-3-1-6-11(27(20,25)26)13(8)21(23)24/h1-6,14,22H,7H2,(H2,20,25,26)/t15-/m0/s1. The van der Waals surface area contributed by atoms with Crippen LogP contribution in [0.1, 0.15) is 11.1 Å². The highest BCUT2D eigenvalue weighted by Crippen LogP contribution is 2.38.